The number of carbonyl (C=O) groups is 2. The van der Waals surface area contributed by atoms with Crippen LogP contribution >= 0.6 is 0 Å². The van der Waals surface area contributed by atoms with Gasteiger partial charge in [0.15, 0.2) is 0 Å². The zero-order valence-electron chi connectivity index (χ0n) is 11.7. The molecule has 1 rings (SSSR count). The molecular formula is C14H21N3O3. The van der Waals surface area contributed by atoms with Crippen molar-refractivity contribution in [1.29, 1.82) is 0 Å². The first kappa shape index (κ1) is 16.1. The van der Waals surface area contributed by atoms with Crippen molar-refractivity contribution in [3.8, 4) is 0 Å². The van der Waals surface area contributed by atoms with E-state index in [0.29, 0.717) is 32.5 Å². The predicted octanol–water partition coefficient (Wildman–Crippen LogP) is -0.0288. The number of amides is 2. The zero-order valence-corrected chi connectivity index (χ0v) is 11.7. The number of rotatable bonds is 7. The topological polar surface area (TPSA) is 82.5 Å². The second-order valence-electron chi connectivity index (χ2n) is 4.32. The molecule has 0 aliphatic rings. The van der Waals surface area contributed by atoms with Gasteiger partial charge in [-0.1, -0.05) is 0 Å². The number of nitrogens with one attached hydrogen (secondary N) is 1. The molecule has 0 aromatic carbocycles. The summed E-state index contributed by atoms with van der Waals surface area (Å²) >= 11 is 0. The van der Waals surface area contributed by atoms with Crippen molar-refractivity contribution in [2.45, 2.75) is 19.8 Å². The molecule has 1 aromatic rings. The van der Waals surface area contributed by atoms with Crippen LogP contribution in [0.3, 0.4) is 0 Å². The standard InChI is InChI=1S/C14H21N3O3/c1-2-17(10-6-12-4-8-15-9-5-12)14(20)13(19)16-7-3-11-18/h4-5,8-9,18H,2-3,6-7,10-11H2,1H3,(H,16,19). The molecule has 0 atom stereocenters. The smallest absolute Gasteiger partial charge is 0.311 e. The maximum atomic E-state index is 11.9. The van der Waals surface area contributed by atoms with E-state index < -0.39 is 11.8 Å². The average molecular weight is 279 g/mol. The lowest BCUT2D eigenvalue weighted by molar-refractivity contribution is -0.145. The maximum absolute atomic E-state index is 11.9. The highest BCUT2D eigenvalue weighted by Crippen LogP contribution is 2.00. The minimum Gasteiger partial charge on any atom is -0.396 e. The minimum atomic E-state index is -0.616. The van der Waals surface area contributed by atoms with E-state index in [1.54, 1.807) is 12.4 Å². The third-order valence-electron chi connectivity index (χ3n) is 2.90. The molecule has 20 heavy (non-hydrogen) atoms. The molecule has 6 heteroatoms. The van der Waals surface area contributed by atoms with E-state index in [0.717, 1.165) is 5.56 Å². The van der Waals surface area contributed by atoms with Gasteiger partial charge in [-0.05, 0) is 37.5 Å². The molecule has 2 amide bonds. The SMILES string of the molecule is CCN(CCc1ccncc1)C(=O)C(=O)NCCCO. The van der Waals surface area contributed by atoms with Crippen molar-refractivity contribution in [2.24, 2.45) is 0 Å². The van der Waals surface area contributed by atoms with Crippen LogP contribution in [0.25, 0.3) is 0 Å². The number of hydrogen-bond donors (Lipinski definition) is 2. The first-order chi connectivity index (χ1) is 9.69. The van der Waals surface area contributed by atoms with Crippen LogP contribution in [0, 0.1) is 0 Å². The van der Waals surface area contributed by atoms with Crippen molar-refractivity contribution >= 4 is 11.8 Å². The Bertz CT molecular complexity index is 423. The van der Waals surface area contributed by atoms with E-state index in [9.17, 15) is 9.59 Å². The Hall–Kier alpha value is -1.95. The fraction of sp³-hybridized carbons (Fsp3) is 0.500. The molecule has 0 saturated heterocycles. The third kappa shape index (κ3) is 5.36. The van der Waals surface area contributed by atoms with Gasteiger partial charge in [-0.15, -0.1) is 0 Å². The summed E-state index contributed by atoms with van der Waals surface area (Å²) in [6.07, 6.45) is 4.54. The Morgan fingerprint density at radius 2 is 2.05 bits per heavy atom. The van der Waals surface area contributed by atoms with Gasteiger partial charge < -0.3 is 15.3 Å². The fourth-order valence-corrected chi connectivity index (χ4v) is 1.72. The number of aliphatic hydroxyl groups is 1. The number of aromatic nitrogens is 1. The Morgan fingerprint density at radius 3 is 2.65 bits per heavy atom. The second-order valence-corrected chi connectivity index (χ2v) is 4.32. The van der Waals surface area contributed by atoms with Crippen LogP contribution in [0.5, 0.6) is 0 Å². The molecule has 0 bridgehead atoms. The van der Waals surface area contributed by atoms with Gasteiger partial charge in [0.05, 0.1) is 0 Å². The lowest BCUT2D eigenvalue weighted by atomic mass is 10.2. The van der Waals surface area contributed by atoms with Gasteiger partial charge >= 0.3 is 11.8 Å². The van der Waals surface area contributed by atoms with Crippen molar-refractivity contribution in [1.82, 2.24) is 15.2 Å². The van der Waals surface area contributed by atoms with Crippen molar-refractivity contribution in [2.75, 3.05) is 26.2 Å². The maximum Gasteiger partial charge on any atom is 0.311 e. The molecule has 0 saturated carbocycles. The number of likely N-dealkylation sites (N-methyl/N-ethyl adjacent to an activating group) is 1. The summed E-state index contributed by atoms with van der Waals surface area (Å²) in [5.74, 6) is -1.14. The molecule has 6 nitrogen and oxygen atoms in total. The third-order valence-corrected chi connectivity index (χ3v) is 2.90. The van der Waals surface area contributed by atoms with Crippen LogP contribution in [-0.4, -0.2) is 53.0 Å². The number of carbonyl (C=O) groups excluding carboxylic acids is 2. The molecule has 0 unspecified atom stereocenters. The molecule has 0 fully saturated rings. The van der Waals surface area contributed by atoms with Crippen LogP contribution in [-0.2, 0) is 16.0 Å². The van der Waals surface area contributed by atoms with Crippen molar-refractivity contribution in [3.63, 3.8) is 0 Å². The highest BCUT2D eigenvalue weighted by molar-refractivity contribution is 6.34. The molecule has 1 heterocycles. The molecule has 0 aliphatic heterocycles. The van der Waals surface area contributed by atoms with E-state index in [1.807, 2.05) is 19.1 Å². The van der Waals surface area contributed by atoms with Gasteiger partial charge in [-0.25, -0.2) is 0 Å². The van der Waals surface area contributed by atoms with E-state index in [2.05, 4.69) is 10.3 Å². The lowest BCUT2D eigenvalue weighted by Gasteiger charge is -2.20. The quantitative estimate of drug-likeness (QED) is 0.542. The van der Waals surface area contributed by atoms with Gasteiger partial charge in [0.1, 0.15) is 0 Å². The Morgan fingerprint density at radius 1 is 1.35 bits per heavy atom. The lowest BCUT2D eigenvalue weighted by Crippen LogP contribution is -2.44. The van der Waals surface area contributed by atoms with Gasteiger partial charge in [0.25, 0.3) is 0 Å². The fourth-order valence-electron chi connectivity index (χ4n) is 1.72. The summed E-state index contributed by atoms with van der Waals surface area (Å²) < 4.78 is 0. The number of hydrogen-bond acceptors (Lipinski definition) is 4. The van der Waals surface area contributed by atoms with E-state index in [1.165, 1.54) is 4.90 Å². The number of nitrogens with zero attached hydrogens (tertiary/aromatic N) is 2. The number of aliphatic hydroxyl groups excluding tert-OH is 1. The van der Waals surface area contributed by atoms with Crippen molar-refractivity contribution < 1.29 is 14.7 Å². The van der Waals surface area contributed by atoms with Crippen LogP contribution in [0.1, 0.15) is 18.9 Å². The van der Waals surface area contributed by atoms with Crippen LogP contribution < -0.4 is 5.32 Å². The Balaban J connectivity index is 2.44. The molecule has 0 radical (unpaired) electrons. The number of pyridine rings is 1. The summed E-state index contributed by atoms with van der Waals surface area (Å²) in [5.41, 5.74) is 1.08. The van der Waals surface area contributed by atoms with E-state index in [-0.39, 0.29) is 6.61 Å². The first-order valence-electron chi connectivity index (χ1n) is 6.76. The Kier molecular flexibility index (Phi) is 7.27. The second kappa shape index (κ2) is 9.03. The van der Waals surface area contributed by atoms with Crippen molar-refractivity contribution in [3.05, 3.63) is 30.1 Å². The summed E-state index contributed by atoms with van der Waals surface area (Å²) in [6.45, 7) is 3.12. The van der Waals surface area contributed by atoms with E-state index >= 15 is 0 Å². The first-order valence-corrected chi connectivity index (χ1v) is 6.76. The normalized spacial score (nSPS) is 10.1. The zero-order chi connectivity index (χ0) is 14.8. The van der Waals surface area contributed by atoms with Gasteiger partial charge in [0.2, 0.25) is 0 Å². The Labute approximate surface area is 118 Å². The highest BCUT2D eigenvalue weighted by Gasteiger charge is 2.19. The molecular weight excluding hydrogens is 258 g/mol. The van der Waals surface area contributed by atoms with Gasteiger partial charge in [-0.3, -0.25) is 14.6 Å². The molecule has 0 spiro atoms. The largest absolute Gasteiger partial charge is 0.396 e. The average Bonchev–Trinajstić information content (AvgIpc) is 2.48. The van der Waals surface area contributed by atoms with Crippen LogP contribution in [0.4, 0.5) is 0 Å². The molecule has 1 aromatic heterocycles. The highest BCUT2D eigenvalue weighted by atomic mass is 16.3. The van der Waals surface area contributed by atoms with E-state index in [4.69, 9.17) is 5.11 Å². The summed E-state index contributed by atoms with van der Waals surface area (Å²) in [4.78, 5) is 29.0. The molecule has 110 valence electrons. The monoisotopic (exact) mass is 279 g/mol. The predicted molar refractivity (Wildman–Crippen MR) is 74.9 cm³/mol. The summed E-state index contributed by atoms with van der Waals surface area (Å²) in [6, 6.07) is 3.78. The molecule has 2 N–H and O–H groups in total. The van der Waals surface area contributed by atoms with Crippen LogP contribution in [0.15, 0.2) is 24.5 Å². The summed E-state index contributed by atoms with van der Waals surface area (Å²) in [5, 5.41) is 11.1. The van der Waals surface area contributed by atoms with Crippen LogP contribution in [0.2, 0.25) is 0 Å². The molecule has 0 aliphatic carbocycles. The minimum absolute atomic E-state index is 0.00595. The summed E-state index contributed by atoms with van der Waals surface area (Å²) in [7, 11) is 0. The van der Waals surface area contributed by atoms with Gasteiger partial charge in [-0.2, -0.15) is 0 Å². The van der Waals surface area contributed by atoms with Gasteiger partial charge in [0, 0.05) is 38.6 Å².